The number of carbonyl (C=O) groups is 1. The first-order valence-corrected chi connectivity index (χ1v) is 9.96. The number of benzene rings is 1. The Morgan fingerprint density at radius 3 is 3.07 bits per heavy atom. The lowest BCUT2D eigenvalue weighted by Crippen LogP contribution is -2.42. The molecule has 3 heterocycles. The summed E-state index contributed by atoms with van der Waals surface area (Å²) in [5, 5.41) is 7.14. The number of nitrogens with zero attached hydrogens (tertiary/aromatic N) is 4. The molecule has 0 saturated carbocycles. The van der Waals surface area contributed by atoms with Crippen LogP contribution in [-0.4, -0.2) is 39.0 Å². The molecule has 1 aliphatic heterocycles. The molecule has 1 aromatic carbocycles. The first-order chi connectivity index (χ1) is 14.2. The molecule has 1 aliphatic rings. The molecule has 1 N–H and O–H groups in total. The monoisotopic (exact) mass is 391 g/mol. The van der Waals surface area contributed by atoms with Crippen molar-refractivity contribution in [3.05, 3.63) is 65.8 Å². The van der Waals surface area contributed by atoms with Gasteiger partial charge in [-0.15, -0.1) is 0 Å². The highest BCUT2D eigenvalue weighted by molar-refractivity contribution is 5.78. The highest BCUT2D eigenvalue weighted by Crippen LogP contribution is 2.21. The van der Waals surface area contributed by atoms with Gasteiger partial charge in [-0.3, -0.25) is 14.7 Å². The number of amides is 1. The molecule has 1 saturated heterocycles. The number of rotatable bonds is 6. The molecular formula is C22H25N5O2. The molecule has 7 nitrogen and oxygen atoms in total. The minimum atomic E-state index is -0.0282. The van der Waals surface area contributed by atoms with Gasteiger partial charge in [-0.2, -0.15) is 4.98 Å². The van der Waals surface area contributed by atoms with Gasteiger partial charge in [0.1, 0.15) is 0 Å². The van der Waals surface area contributed by atoms with E-state index in [4.69, 9.17) is 4.52 Å². The van der Waals surface area contributed by atoms with Crippen LogP contribution in [0.4, 0.5) is 0 Å². The van der Waals surface area contributed by atoms with Crippen LogP contribution in [0.25, 0.3) is 11.4 Å². The third-order valence-electron chi connectivity index (χ3n) is 5.17. The zero-order valence-electron chi connectivity index (χ0n) is 16.5. The standard InChI is InChI=1S/C22H25N5O2/c1-16-5-2-7-18(11-16)21-25-20(29-26-21)15-27-10-4-8-19(14-27)22(28)24-13-17-6-3-9-23-12-17/h2-3,5-7,9,11-12,19H,4,8,10,13-15H2,1H3,(H,24,28). The fourth-order valence-electron chi connectivity index (χ4n) is 3.66. The van der Waals surface area contributed by atoms with E-state index in [1.807, 2.05) is 43.3 Å². The van der Waals surface area contributed by atoms with Gasteiger partial charge in [-0.25, -0.2) is 0 Å². The minimum absolute atomic E-state index is 0.0282. The van der Waals surface area contributed by atoms with Gasteiger partial charge in [0.2, 0.25) is 17.6 Å². The lowest BCUT2D eigenvalue weighted by molar-refractivity contribution is -0.127. The summed E-state index contributed by atoms with van der Waals surface area (Å²) in [7, 11) is 0. The Bertz CT molecular complexity index is 957. The summed E-state index contributed by atoms with van der Waals surface area (Å²) >= 11 is 0. The third kappa shape index (κ3) is 5.06. The number of aromatic nitrogens is 3. The molecule has 1 amide bonds. The zero-order valence-corrected chi connectivity index (χ0v) is 16.5. The fourth-order valence-corrected chi connectivity index (χ4v) is 3.66. The number of likely N-dealkylation sites (tertiary alicyclic amines) is 1. The maximum absolute atomic E-state index is 12.6. The Hall–Kier alpha value is -3.06. The molecule has 4 rings (SSSR count). The van der Waals surface area contributed by atoms with Crippen LogP contribution in [0, 0.1) is 12.8 Å². The second-order valence-corrected chi connectivity index (χ2v) is 7.53. The highest BCUT2D eigenvalue weighted by atomic mass is 16.5. The van der Waals surface area contributed by atoms with Crippen LogP contribution in [-0.2, 0) is 17.9 Å². The van der Waals surface area contributed by atoms with Gasteiger partial charge < -0.3 is 9.84 Å². The predicted octanol–water partition coefficient (Wildman–Crippen LogP) is 2.97. The molecule has 7 heteroatoms. The van der Waals surface area contributed by atoms with E-state index in [0.29, 0.717) is 31.3 Å². The van der Waals surface area contributed by atoms with Crippen LogP contribution in [0.3, 0.4) is 0 Å². The minimum Gasteiger partial charge on any atom is -0.352 e. The number of nitrogens with one attached hydrogen (secondary N) is 1. The Morgan fingerprint density at radius 2 is 2.24 bits per heavy atom. The van der Waals surface area contributed by atoms with E-state index in [2.05, 4.69) is 25.3 Å². The van der Waals surface area contributed by atoms with Gasteiger partial charge in [-0.1, -0.05) is 35.0 Å². The van der Waals surface area contributed by atoms with Gasteiger partial charge in [0.25, 0.3) is 0 Å². The van der Waals surface area contributed by atoms with E-state index in [9.17, 15) is 4.79 Å². The lowest BCUT2D eigenvalue weighted by Gasteiger charge is -2.30. The molecule has 0 aliphatic carbocycles. The van der Waals surface area contributed by atoms with Crippen LogP contribution in [0.2, 0.25) is 0 Å². The summed E-state index contributed by atoms with van der Waals surface area (Å²) in [5.41, 5.74) is 3.11. The van der Waals surface area contributed by atoms with Crippen LogP contribution in [0.5, 0.6) is 0 Å². The van der Waals surface area contributed by atoms with Gasteiger partial charge in [0, 0.05) is 31.0 Å². The average Bonchev–Trinajstić information content (AvgIpc) is 3.21. The topological polar surface area (TPSA) is 84.2 Å². The molecule has 1 fully saturated rings. The molecule has 1 unspecified atom stereocenters. The van der Waals surface area contributed by atoms with Crippen molar-refractivity contribution in [2.45, 2.75) is 32.9 Å². The molecule has 0 radical (unpaired) electrons. The molecule has 0 bridgehead atoms. The Morgan fingerprint density at radius 1 is 1.31 bits per heavy atom. The number of hydrogen-bond donors (Lipinski definition) is 1. The normalized spacial score (nSPS) is 17.2. The van der Waals surface area contributed by atoms with Gasteiger partial charge in [0.15, 0.2) is 0 Å². The van der Waals surface area contributed by atoms with Crippen molar-refractivity contribution in [2.75, 3.05) is 13.1 Å². The smallest absolute Gasteiger partial charge is 0.241 e. The zero-order chi connectivity index (χ0) is 20.1. The molecule has 3 aromatic rings. The van der Waals surface area contributed by atoms with E-state index < -0.39 is 0 Å². The van der Waals surface area contributed by atoms with E-state index in [1.165, 1.54) is 0 Å². The maximum atomic E-state index is 12.6. The van der Waals surface area contributed by atoms with Crippen molar-refractivity contribution < 1.29 is 9.32 Å². The Balaban J connectivity index is 1.32. The molecule has 2 aromatic heterocycles. The lowest BCUT2D eigenvalue weighted by atomic mass is 9.97. The van der Waals surface area contributed by atoms with Crippen LogP contribution in [0.1, 0.15) is 29.9 Å². The predicted molar refractivity (Wildman–Crippen MR) is 109 cm³/mol. The molecule has 29 heavy (non-hydrogen) atoms. The van der Waals surface area contributed by atoms with Gasteiger partial charge in [-0.05, 0) is 44.0 Å². The number of aryl methyl sites for hydroxylation is 1. The quantitative estimate of drug-likeness (QED) is 0.695. The molecular weight excluding hydrogens is 366 g/mol. The largest absolute Gasteiger partial charge is 0.352 e. The Kier molecular flexibility index (Phi) is 5.95. The van der Waals surface area contributed by atoms with Crippen LogP contribution >= 0.6 is 0 Å². The molecule has 0 spiro atoms. The summed E-state index contributed by atoms with van der Waals surface area (Å²) in [4.78, 5) is 23.4. The van der Waals surface area contributed by atoms with E-state index in [-0.39, 0.29) is 11.8 Å². The average molecular weight is 391 g/mol. The van der Waals surface area contributed by atoms with Crippen molar-refractivity contribution >= 4 is 5.91 Å². The van der Waals surface area contributed by atoms with Crippen LogP contribution < -0.4 is 5.32 Å². The summed E-state index contributed by atoms with van der Waals surface area (Å²) in [6.07, 6.45) is 5.37. The number of pyridine rings is 1. The summed E-state index contributed by atoms with van der Waals surface area (Å²) in [5.74, 6) is 1.24. The fraction of sp³-hybridized carbons (Fsp3) is 0.364. The second kappa shape index (κ2) is 8.96. The maximum Gasteiger partial charge on any atom is 0.241 e. The molecule has 1 atom stereocenters. The Labute approximate surface area is 170 Å². The van der Waals surface area contributed by atoms with Crippen molar-refractivity contribution in [3.63, 3.8) is 0 Å². The second-order valence-electron chi connectivity index (χ2n) is 7.53. The first kappa shape index (κ1) is 19.3. The number of piperidine rings is 1. The highest BCUT2D eigenvalue weighted by Gasteiger charge is 2.26. The van der Waals surface area contributed by atoms with E-state index in [0.717, 1.165) is 36.1 Å². The molecule has 150 valence electrons. The number of hydrogen-bond acceptors (Lipinski definition) is 6. The van der Waals surface area contributed by atoms with Crippen molar-refractivity contribution in [3.8, 4) is 11.4 Å². The summed E-state index contributed by atoms with van der Waals surface area (Å²) in [6, 6.07) is 11.9. The summed E-state index contributed by atoms with van der Waals surface area (Å²) in [6.45, 7) is 4.73. The van der Waals surface area contributed by atoms with Gasteiger partial charge in [0.05, 0.1) is 12.5 Å². The van der Waals surface area contributed by atoms with Gasteiger partial charge >= 0.3 is 0 Å². The summed E-state index contributed by atoms with van der Waals surface area (Å²) < 4.78 is 5.45. The van der Waals surface area contributed by atoms with E-state index >= 15 is 0 Å². The SMILES string of the molecule is Cc1cccc(-c2noc(CN3CCCC(C(=O)NCc4cccnc4)C3)n2)c1. The van der Waals surface area contributed by atoms with Crippen LogP contribution in [0.15, 0.2) is 53.3 Å². The van der Waals surface area contributed by atoms with Crippen molar-refractivity contribution in [1.82, 2.24) is 25.3 Å². The van der Waals surface area contributed by atoms with Crippen molar-refractivity contribution in [1.29, 1.82) is 0 Å². The third-order valence-corrected chi connectivity index (χ3v) is 5.17. The van der Waals surface area contributed by atoms with Crippen molar-refractivity contribution in [2.24, 2.45) is 5.92 Å². The number of carbonyl (C=O) groups excluding carboxylic acids is 1. The first-order valence-electron chi connectivity index (χ1n) is 9.96. The van der Waals surface area contributed by atoms with E-state index in [1.54, 1.807) is 12.4 Å².